The van der Waals surface area contributed by atoms with Gasteiger partial charge in [-0.05, 0) is 32.0 Å². The lowest BCUT2D eigenvalue weighted by Gasteiger charge is -2.12. The van der Waals surface area contributed by atoms with Crippen LogP contribution in [0.2, 0.25) is 0 Å². The van der Waals surface area contributed by atoms with Crippen molar-refractivity contribution >= 4 is 22.9 Å². The molecule has 0 spiro atoms. The highest BCUT2D eigenvalue weighted by atomic mass is 16.5. The highest BCUT2D eigenvalue weighted by Gasteiger charge is 2.17. The van der Waals surface area contributed by atoms with Crippen LogP contribution in [0.1, 0.15) is 24.2 Å². The number of amides is 1. The van der Waals surface area contributed by atoms with Crippen LogP contribution in [0.4, 0.5) is 0 Å². The van der Waals surface area contributed by atoms with Gasteiger partial charge in [0.1, 0.15) is 6.04 Å². The molecule has 0 fully saturated rings. The number of carbonyl (C=O) groups excluding carboxylic acids is 2. The molecular formula is C14H17N3O3. The van der Waals surface area contributed by atoms with E-state index < -0.39 is 12.0 Å². The van der Waals surface area contributed by atoms with Gasteiger partial charge in [-0.3, -0.25) is 4.79 Å². The highest BCUT2D eigenvalue weighted by Crippen LogP contribution is 2.13. The van der Waals surface area contributed by atoms with Gasteiger partial charge in [0.05, 0.1) is 24.0 Å². The number of nitrogens with one attached hydrogen (secondary N) is 1. The molecule has 1 aromatic heterocycles. The molecule has 1 heterocycles. The van der Waals surface area contributed by atoms with Crippen molar-refractivity contribution in [3.63, 3.8) is 0 Å². The first kappa shape index (κ1) is 14.0. The van der Waals surface area contributed by atoms with Crippen LogP contribution in [0.5, 0.6) is 0 Å². The van der Waals surface area contributed by atoms with Crippen LogP contribution < -0.4 is 5.32 Å². The van der Waals surface area contributed by atoms with Gasteiger partial charge in [0.25, 0.3) is 5.91 Å². The van der Waals surface area contributed by atoms with Crippen LogP contribution in [-0.2, 0) is 16.6 Å². The number of imidazole rings is 1. The Hall–Kier alpha value is -2.37. The molecule has 0 saturated heterocycles. The van der Waals surface area contributed by atoms with Crippen LogP contribution >= 0.6 is 0 Å². The van der Waals surface area contributed by atoms with Gasteiger partial charge in [-0.2, -0.15) is 0 Å². The third-order valence-electron chi connectivity index (χ3n) is 2.98. The van der Waals surface area contributed by atoms with E-state index in [-0.39, 0.29) is 5.91 Å². The lowest BCUT2D eigenvalue weighted by molar-refractivity contribution is -0.144. The first-order valence-corrected chi connectivity index (χ1v) is 6.41. The van der Waals surface area contributed by atoms with Crippen molar-refractivity contribution in [2.75, 3.05) is 6.61 Å². The maximum absolute atomic E-state index is 12.1. The van der Waals surface area contributed by atoms with Gasteiger partial charge >= 0.3 is 5.97 Å². The lowest BCUT2D eigenvalue weighted by Crippen LogP contribution is -2.39. The number of carbonyl (C=O) groups is 2. The number of fused-ring (bicyclic) bond motifs is 1. The van der Waals surface area contributed by atoms with Gasteiger partial charge in [-0.1, -0.05) is 0 Å². The monoisotopic (exact) mass is 275 g/mol. The largest absolute Gasteiger partial charge is 0.464 e. The second kappa shape index (κ2) is 5.73. The third-order valence-corrected chi connectivity index (χ3v) is 2.98. The number of hydrogen-bond acceptors (Lipinski definition) is 4. The molecule has 1 atom stereocenters. The number of aromatic nitrogens is 2. The molecule has 6 heteroatoms. The summed E-state index contributed by atoms with van der Waals surface area (Å²) < 4.78 is 6.72. The van der Waals surface area contributed by atoms with Crippen LogP contribution in [0.3, 0.4) is 0 Å². The molecule has 0 aliphatic heterocycles. The summed E-state index contributed by atoms with van der Waals surface area (Å²) in [5.41, 5.74) is 2.15. The molecule has 0 bridgehead atoms. The van der Waals surface area contributed by atoms with Crippen LogP contribution in [0.25, 0.3) is 11.0 Å². The van der Waals surface area contributed by atoms with Crippen LogP contribution in [0, 0.1) is 0 Å². The summed E-state index contributed by atoms with van der Waals surface area (Å²) in [4.78, 5) is 27.7. The number of ether oxygens (including phenoxy) is 1. The zero-order valence-corrected chi connectivity index (χ0v) is 11.7. The number of benzene rings is 1. The third kappa shape index (κ3) is 2.79. The van der Waals surface area contributed by atoms with Gasteiger partial charge in [-0.25, -0.2) is 9.78 Å². The molecule has 0 aliphatic carbocycles. The summed E-state index contributed by atoms with van der Waals surface area (Å²) in [7, 11) is 1.89. The molecule has 0 saturated carbocycles. The Balaban J connectivity index is 2.13. The summed E-state index contributed by atoms with van der Waals surface area (Å²) in [6.45, 7) is 3.61. The molecule has 106 valence electrons. The van der Waals surface area contributed by atoms with E-state index in [4.69, 9.17) is 4.74 Å². The van der Waals surface area contributed by atoms with E-state index in [2.05, 4.69) is 10.3 Å². The zero-order valence-electron chi connectivity index (χ0n) is 11.7. The van der Waals surface area contributed by atoms with E-state index in [1.807, 2.05) is 17.7 Å². The van der Waals surface area contributed by atoms with E-state index in [0.717, 1.165) is 11.0 Å². The summed E-state index contributed by atoms with van der Waals surface area (Å²) in [5.74, 6) is -0.766. The molecule has 0 radical (unpaired) electrons. The zero-order chi connectivity index (χ0) is 14.7. The van der Waals surface area contributed by atoms with Crippen molar-refractivity contribution in [1.29, 1.82) is 0 Å². The highest BCUT2D eigenvalue weighted by molar-refractivity contribution is 5.99. The molecule has 1 aromatic carbocycles. The summed E-state index contributed by atoms with van der Waals surface area (Å²) in [5, 5.41) is 2.60. The molecule has 1 unspecified atom stereocenters. The molecule has 2 aromatic rings. The molecule has 2 rings (SSSR count). The molecule has 1 amide bonds. The van der Waals surface area contributed by atoms with Gasteiger partial charge < -0.3 is 14.6 Å². The van der Waals surface area contributed by atoms with Crippen molar-refractivity contribution in [2.45, 2.75) is 19.9 Å². The summed E-state index contributed by atoms with van der Waals surface area (Å²) in [6, 6.07) is 4.55. The molecule has 1 N–H and O–H groups in total. The Morgan fingerprint density at radius 3 is 2.90 bits per heavy atom. The first-order valence-electron chi connectivity index (χ1n) is 6.41. The van der Waals surface area contributed by atoms with E-state index >= 15 is 0 Å². The Labute approximate surface area is 116 Å². The standard InChI is InChI=1S/C14H17N3O3/c1-4-20-14(19)9(2)16-13(18)10-5-6-12-11(7-10)15-8-17(12)3/h5-9H,4H2,1-3H3,(H,16,18). The Kier molecular flexibility index (Phi) is 4.02. The van der Waals surface area contributed by atoms with Crippen molar-refractivity contribution in [2.24, 2.45) is 7.05 Å². The van der Waals surface area contributed by atoms with E-state index in [0.29, 0.717) is 12.2 Å². The van der Waals surface area contributed by atoms with E-state index in [9.17, 15) is 9.59 Å². The number of esters is 1. The topological polar surface area (TPSA) is 73.2 Å². The fourth-order valence-corrected chi connectivity index (χ4v) is 1.88. The summed E-state index contributed by atoms with van der Waals surface area (Å²) >= 11 is 0. The SMILES string of the molecule is CCOC(=O)C(C)NC(=O)c1ccc2c(c1)ncn2C. The predicted molar refractivity (Wildman–Crippen MR) is 74.3 cm³/mol. The quantitative estimate of drug-likeness (QED) is 0.852. The van der Waals surface area contributed by atoms with Crippen molar-refractivity contribution in [3.05, 3.63) is 30.1 Å². The smallest absolute Gasteiger partial charge is 0.328 e. The minimum absolute atomic E-state index is 0.291. The van der Waals surface area contributed by atoms with Crippen LogP contribution in [0.15, 0.2) is 24.5 Å². The number of aryl methyl sites for hydroxylation is 1. The fraction of sp³-hybridized carbons (Fsp3) is 0.357. The predicted octanol–water partition coefficient (Wildman–Crippen LogP) is 1.25. The normalized spacial score (nSPS) is 12.2. The average molecular weight is 275 g/mol. The molecule has 0 aliphatic rings. The Morgan fingerprint density at radius 1 is 1.45 bits per heavy atom. The van der Waals surface area contributed by atoms with Gasteiger partial charge in [0.15, 0.2) is 0 Å². The van der Waals surface area contributed by atoms with Crippen molar-refractivity contribution in [1.82, 2.24) is 14.9 Å². The Morgan fingerprint density at radius 2 is 2.20 bits per heavy atom. The lowest BCUT2D eigenvalue weighted by atomic mass is 10.1. The maximum atomic E-state index is 12.1. The van der Waals surface area contributed by atoms with Gasteiger partial charge in [0, 0.05) is 12.6 Å². The van der Waals surface area contributed by atoms with E-state index in [1.165, 1.54) is 0 Å². The van der Waals surface area contributed by atoms with Crippen LogP contribution in [-0.4, -0.2) is 34.1 Å². The fourth-order valence-electron chi connectivity index (χ4n) is 1.88. The first-order chi connectivity index (χ1) is 9.52. The number of rotatable bonds is 4. The molecular weight excluding hydrogens is 258 g/mol. The number of nitrogens with zero attached hydrogens (tertiary/aromatic N) is 2. The van der Waals surface area contributed by atoms with Crippen molar-refractivity contribution < 1.29 is 14.3 Å². The minimum atomic E-state index is -0.679. The second-order valence-electron chi connectivity index (χ2n) is 4.51. The van der Waals surface area contributed by atoms with Gasteiger partial charge in [-0.15, -0.1) is 0 Å². The minimum Gasteiger partial charge on any atom is -0.464 e. The molecule has 6 nitrogen and oxygen atoms in total. The molecule has 20 heavy (non-hydrogen) atoms. The van der Waals surface area contributed by atoms with Gasteiger partial charge in [0.2, 0.25) is 0 Å². The maximum Gasteiger partial charge on any atom is 0.328 e. The number of hydrogen-bond donors (Lipinski definition) is 1. The van der Waals surface area contributed by atoms with Crippen molar-refractivity contribution in [3.8, 4) is 0 Å². The summed E-state index contributed by atoms with van der Waals surface area (Å²) in [6.07, 6.45) is 1.69. The Bertz CT molecular complexity index is 648. The second-order valence-corrected chi connectivity index (χ2v) is 4.51. The van der Waals surface area contributed by atoms with E-state index in [1.54, 1.807) is 32.3 Å². The average Bonchev–Trinajstić information content (AvgIpc) is 2.80.